The molecule has 1 saturated carbocycles. The fourth-order valence-corrected chi connectivity index (χ4v) is 2.44. The topological polar surface area (TPSA) is 66.4 Å². The molecular weight excluding hydrogens is 341 g/mol. The van der Waals surface area contributed by atoms with Crippen LogP contribution in [0.5, 0.6) is 0 Å². The van der Waals surface area contributed by atoms with Gasteiger partial charge in [0.1, 0.15) is 6.10 Å². The Labute approximate surface area is 161 Å². The van der Waals surface area contributed by atoms with E-state index in [1.165, 1.54) is 0 Å². The van der Waals surface area contributed by atoms with E-state index < -0.39 is 11.9 Å². The predicted molar refractivity (Wildman–Crippen MR) is 56.2 cm³/mol. The second kappa shape index (κ2) is 8.22. The Hall–Kier alpha value is 0.992. The van der Waals surface area contributed by atoms with Crippen LogP contribution in [-0.2, 0) is 14.3 Å². The van der Waals surface area contributed by atoms with Crippen molar-refractivity contribution in [3.05, 3.63) is 0 Å². The van der Waals surface area contributed by atoms with Gasteiger partial charge in [0.2, 0.25) is 0 Å². The minimum absolute atomic E-state index is 0. The molecule has 5 heteroatoms. The van der Waals surface area contributed by atoms with Gasteiger partial charge in [0, 0.05) is 0 Å². The Kier molecular flexibility index (Phi) is 8.70. The summed E-state index contributed by atoms with van der Waals surface area (Å²) in [6, 6.07) is 0. The second-order valence-electron chi connectivity index (χ2n) is 5.06. The number of esters is 1. The van der Waals surface area contributed by atoms with Crippen LogP contribution in [0.25, 0.3) is 0 Å². The molecule has 1 rings (SSSR count). The SMILES string of the molecule is CC(C)[C@H]1CC[C@@H](C)C[C@@H]1OC(=O)C(=O)[O-].[Cs+]. The Morgan fingerprint density at radius 3 is 2.35 bits per heavy atom. The summed E-state index contributed by atoms with van der Waals surface area (Å²) in [7, 11) is 0. The number of aliphatic carboxylic acids is 1. The molecule has 0 spiro atoms. The fraction of sp³-hybridized carbons (Fsp3) is 0.833. The van der Waals surface area contributed by atoms with Gasteiger partial charge in [-0.1, -0.05) is 27.2 Å². The summed E-state index contributed by atoms with van der Waals surface area (Å²) in [5, 5.41) is 10.3. The number of hydrogen-bond donors (Lipinski definition) is 0. The molecule has 0 N–H and O–H groups in total. The molecule has 1 aliphatic carbocycles. The predicted octanol–water partition coefficient (Wildman–Crippen LogP) is -2.26. The fourth-order valence-electron chi connectivity index (χ4n) is 2.44. The Morgan fingerprint density at radius 1 is 1.29 bits per heavy atom. The maximum atomic E-state index is 11.0. The number of ether oxygens (including phenoxy) is 1. The summed E-state index contributed by atoms with van der Waals surface area (Å²) in [5.74, 6) is -1.84. The van der Waals surface area contributed by atoms with E-state index in [1.807, 2.05) is 0 Å². The zero-order chi connectivity index (χ0) is 12.3. The summed E-state index contributed by atoms with van der Waals surface area (Å²) >= 11 is 0. The quantitative estimate of drug-likeness (QED) is 0.412. The monoisotopic (exact) mass is 360 g/mol. The number of carbonyl (C=O) groups excluding carboxylic acids is 2. The molecule has 0 aliphatic heterocycles. The van der Waals surface area contributed by atoms with Crippen LogP contribution in [0, 0.1) is 17.8 Å². The van der Waals surface area contributed by atoms with Gasteiger partial charge in [-0.3, -0.25) is 0 Å². The van der Waals surface area contributed by atoms with Crippen molar-refractivity contribution in [3.63, 3.8) is 0 Å². The number of carboxylic acid groups (broad SMARTS) is 1. The van der Waals surface area contributed by atoms with Crippen molar-refractivity contribution in [3.8, 4) is 0 Å². The van der Waals surface area contributed by atoms with E-state index in [2.05, 4.69) is 20.8 Å². The number of carboxylic acids is 1. The third kappa shape index (κ3) is 5.65. The second-order valence-corrected chi connectivity index (χ2v) is 5.06. The van der Waals surface area contributed by atoms with Crippen LogP contribution in [0.15, 0.2) is 0 Å². The normalized spacial score (nSPS) is 28.4. The van der Waals surface area contributed by atoms with E-state index in [0.717, 1.165) is 19.3 Å². The van der Waals surface area contributed by atoms with Crippen LogP contribution in [0.3, 0.4) is 0 Å². The third-order valence-electron chi connectivity index (χ3n) is 3.39. The molecule has 0 bridgehead atoms. The van der Waals surface area contributed by atoms with Crippen LogP contribution in [0.4, 0.5) is 0 Å². The van der Waals surface area contributed by atoms with E-state index in [9.17, 15) is 14.7 Å². The van der Waals surface area contributed by atoms with E-state index in [4.69, 9.17) is 4.74 Å². The molecule has 0 radical (unpaired) electrons. The number of rotatable bonds is 2. The van der Waals surface area contributed by atoms with Crippen molar-refractivity contribution in [1.82, 2.24) is 0 Å². The van der Waals surface area contributed by atoms with Gasteiger partial charge in [-0.2, -0.15) is 0 Å². The zero-order valence-electron chi connectivity index (χ0n) is 11.1. The first-order chi connectivity index (χ1) is 7.41. The van der Waals surface area contributed by atoms with Crippen LogP contribution in [0.1, 0.15) is 40.0 Å². The summed E-state index contributed by atoms with van der Waals surface area (Å²) < 4.78 is 5.00. The van der Waals surface area contributed by atoms with Gasteiger partial charge in [-0.15, -0.1) is 0 Å². The maximum Gasteiger partial charge on any atom is 1.00 e. The zero-order valence-corrected chi connectivity index (χ0v) is 17.3. The standard InChI is InChI=1S/C12H20O4.Cs/c1-7(2)9-5-4-8(3)6-10(9)16-12(15)11(13)14;/h7-10H,4-6H2,1-3H3,(H,13,14);/q;+1/p-1/t8-,9-,10+;/m1./s1. The molecule has 1 aliphatic rings. The van der Waals surface area contributed by atoms with Crippen LogP contribution < -0.4 is 74.0 Å². The number of carbonyl (C=O) groups is 2. The molecule has 0 unspecified atom stereocenters. The molecule has 0 aromatic carbocycles. The number of hydrogen-bond acceptors (Lipinski definition) is 4. The van der Waals surface area contributed by atoms with Crippen LogP contribution in [0.2, 0.25) is 0 Å². The van der Waals surface area contributed by atoms with Crippen molar-refractivity contribution in [1.29, 1.82) is 0 Å². The first kappa shape index (κ1) is 18.0. The van der Waals surface area contributed by atoms with Gasteiger partial charge < -0.3 is 14.6 Å². The van der Waals surface area contributed by atoms with Gasteiger partial charge in [0.15, 0.2) is 5.97 Å². The average molecular weight is 360 g/mol. The van der Waals surface area contributed by atoms with Crippen LogP contribution in [-0.4, -0.2) is 18.0 Å². The van der Waals surface area contributed by atoms with Crippen molar-refractivity contribution >= 4 is 11.9 Å². The molecule has 0 heterocycles. The Balaban J connectivity index is 0.00000256. The van der Waals surface area contributed by atoms with Gasteiger partial charge in [-0.25, -0.2) is 4.79 Å². The molecular formula is C12H19CsO4. The summed E-state index contributed by atoms with van der Waals surface area (Å²) in [4.78, 5) is 21.3. The minimum Gasteiger partial charge on any atom is -0.539 e. The van der Waals surface area contributed by atoms with Gasteiger partial charge in [0.05, 0.1) is 0 Å². The molecule has 17 heavy (non-hydrogen) atoms. The minimum atomic E-state index is -1.75. The van der Waals surface area contributed by atoms with Gasteiger partial charge in [-0.05, 0) is 30.6 Å². The molecule has 92 valence electrons. The van der Waals surface area contributed by atoms with E-state index in [1.54, 1.807) is 0 Å². The molecule has 0 amide bonds. The Morgan fingerprint density at radius 2 is 1.88 bits per heavy atom. The largest absolute Gasteiger partial charge is 1.00 e. The van der Waals surface area contributed by atoms with Crippen molar-refractivity contribution in [2.45, 2.75) is 46.1 Å². The van der Waals surface area contributed by atoms with Crippen molar-refractivity contribution < 1.29 is 88.3 Å². The third-order valence-corrected chi connectivity index (χ3v) is 3.39. The molecule has 0 aromatic heterocycles. The van der Waals surface area contributed by atoms with Crippen molar-refractivity contribution in [2.75, 3.05) is 0 Å². The van der Waals surface area contributed by atoms with Gasteiger partial charge in [0.25, 0.3) is 0 Å². The smallest absolute Gasteiger partial charge is 0.539 e. The molecule has 1 fully saturated rings. The Bertz CT molecular complexity index is 278. The van der Waals surface area contributed by atoms with Crippen LogP contribution >= 0.6 is 0 Å². The summed E-state index contributed by atoms with van der Waals surface area (Å²) in [6.45, 7) is 6.23. The van der Waals surface area contributed by atoms with Gasteiger partial charge >= 0.3 is 74.9 Å². The van der Waals surface area contributed by atoms with Crippen molar-refractivity contribution in [2.24, 2.45) is 17.8 Å². The first-order valence-electron chi connectivity index (χ1n) is 5.83. The average Bonchev–Trinajstić information content (AvgIpc) is 2.16. The van der Waals surface area contributed by atoms with E-state index >= 15 is 0 Å². The first-order valence-corrected chi connectivity index (χ1v) is 5.83. The summed E-state index contributed by atoms with van der Waals surface area (Å²) in [6.07, 6.45) is 2.59. The van der Waals surface area contributed by atoms with E-state index in [0.29, 0.717) is 11.8 Å². The molecule has 4 nitrogen and oxygen atoms in total. The molecule has 0 aromatic rings. The molecule has 3 atom stereocenters. The summed E-state index contributed by atoms with van der Waals surface area (Å²) in [5.41, 5.74) is 0. The van der Waals surface area contributed by atoms with E-state index in [-0.39, 0.29) is 80.9 Å². The maximum absolute atomic E-state index is 11.0. The molecule has 0 saturated heterocycles.